The van der Waals surface area contributed by atoms with Gasteiger partial charge in [-0.15, -0.1) is 0 Å². The quantitative estimate of drug-likeness (QED) is 0.849. The van der Waals surface area contributed by atoms with Gasteiger partial charge in [0.25, 0.3) is 0 Å². The summed E-state index contributed by atoms with van der Waals surface area (Å²) in [6, 6.07) is 5.05. The van der Waals surface area contributed by atoms with E-state index in [-0.39, 0.29) is 23.7 Å². The van der Waals surface area contributed by atoms with E-state index in [2.05, 4.69) is 24.1 Å². The molecule has 0 aromatic heterocycles. The van der Waals surface area contributed by atoms with E-state index in [0.29, 0.717) is 17.1 Å². The van der Waals surface area contributed by atoms with E-state index in [1.165, 1.54) is 6.07 Å². The molecule has 1 aromatic rings. The van der Waals surface area contributed by atoms with Gasteiger partial charge in [0, 0.05) is 29.1 Å². The number of carbonyl (C=O) groups excluding carboxylic acids is 1. The molecular weight excluding hydrogens is 315 g/mol. The third-order valence-corrected chi connectivity index (χ3v) is 4.71. The van der Waals surface area contributed by atoms with Crippen LogP contribution in [0.2, 0.25) is 5.02 Å². The van der Waals surface area contributed by atoms with E-state index in [0.717, 1.165) is 38.8 Å². The van der Waals surface area contributed by atoms with Crippen LogP contribution in [-0.4, -0.2) is 29.9 Å². The average Bonchev–Trinajstić information content (AvgIpc) is 2.51. The second-order valence-corrected chi connectivity index (χ2v) is 6.92. The Kier molecular flexibility index (Phi) is 6.85. The average molecular weight is 341 g/mol. The van der Waals surface area contributed by atoms with E-state index >= 15 is 0 Å². The molecule has 0 bridgehead atoms. The van der Waals surface area contributed by atoms with Crippen LogP contribution in [0.15, 0.2) is 18.2 Å². The lowest BCUT2D eigenvalue weighted by Gasteiger charge is -2.32. The third kappa shape index (κ3) is 5.47. The van der Waals surface area contributed by atoms with Crippen LogP contribution in [0.5, 0.6) is 0 Å². The first-order valence-electron chi connectivity index (χ1n) is 8.46. The van der Waals surface area contributed by atoms with Gasteiger partial charge >= 0.3 is 0 Å². The number of hydrogen-bond donors (Lipinski definition) is 1. The minimum Gasteiger partial charge on any atom is -0.353 e. The van der Waals surface area contributed by atoms with Gasteiger partial charge in [-0.3, -0.25) is 9.69 Å². The van der Waals surface area contributed by atoms with E-state index in [1.807, 2.05) is 0 Å². The molecule has 1 heterocycles. The number of carbonyl (C=O) groups is 1. The van der Waals surface area contributed by atoms with Crippen molar-refractivity contribution >= 4 is 17.5 Å². The SMILES string of the molecule is CCC[C@H](C)NC(=O)C1CCN(Cc2ccc(Cl)cc2F)CC1. The van der Waals surface area contributed by atoms with Gasteiger partial charge in [0.1, 0.15) is 5.82 Å². The van der Waals surface area contributed by atoms with Crippen LogP contribution in [-0.2, 0) is 11.3 Å². The van der Waals surface area contributed by atoms with Gasteiger partial charge in [-0.25, -0.2) is 4.39 Å². The number of benzene rings is 1. The number of likely N-dealkylation sites (tertiary alicyclic amines) is 1. The number of rotatable bonds is 6. The maximum absolute atomic E-state index is 13.9. The highest BCUT2D eigenvalue weighted by molar-refractivity contribution is 6.30. The minimum atomic E-state index is -0.259. The summed E-state index contributed by atoms with van der Waals surface area (Å²) >= 11 is 5.78. The van der Waals surface area contributed by atoms with Gasteiger partial charge < -0.3 is 5.32 Å². The smallest absolute Gasteiger partial charge is 0.223 e. The van der Waals surface area contributed by atoms with Crippen molar-refractivity contribution in [1.29, 1.82) is 0 Å². The highest BCUT2D eigenvalue weighted by Gasteiger charge is 2.26. The molecule has 0 spiro atoms. The molecule has 1 aromatic carbocycles. The fourth-order valence-electron chi connectivity index (χ4n) is 3.11. The fourth-order valence-corrected chi connectivity index (χ4v) is 3.27. The minimum absolute atomic E-state index is 0.0839. The monoisotopic (exact) mass is 340 g/mol. The Labute approximate surface area is 143 Å². The molecule has 3 nitrogen and oxygen atoms in total. The molecule has 1 aliphatic heterocycles. The molecule has 0 radical (unpaired) electrons. The van der Waals surface area contributed by atoms with Crippen molar-refractivity contribution in [3.63, 3.8) is 0 Å². The van der Waals surface area contributed by atoms with Gasteiger partial charge in [0.15, 0.2) is 0 Å². The van der Waals surface area contributed by atoms with Crippen molar-refractivity contribution in [2.75, 3.05) is 13.1 Å². The first kappa shape index (κ1) is 18.2. The summed E-state index contributed by atoms with van der Waals surface area (Å²) in [4.78, 5) is 14.4. The summed E-state index contributed by atoms with van der Waals surface area (Å²) in [5, 5.41) is 3.52. The molecule has 128 valence electrons. The lowest BCUT2D eigenvalue weighted by Crippen LogP contribution is -2.42. The van der Waals surface area contributed by atoms with Crippen LogP contribution < -0.4 is 5.32 Å². The summed E-state index contributed by atoms with van der Waals surface area (Å²) in [5.41, 5.74) is 0.661. The number of hydrogen-bond acceptors (Lipinski definition) is 2. The molecule has 1 saturated heterocycles. The number of nitrogens with zero attached hydrogens (tertiary/aromatic N) is 1. The lowest BCUT2D eigenvalue weighted by atomic mass is 9.95. The summed E-state index contributed by atoms with van der Waals surface area (Å²) in [6.07, 6.45) is 3.76. The predicted molar refractivity (Wildman–Crippen MR) is 91.9 cm³/mol. The van der Waals surface area contributed by atoms with E-state index in [1.54, 1.807) is 12.1 Å². The molecule has 0 saturated carbocycles. The Morgan fingerprint density at radius 3 is 2.74 bits per heavy atom. The van der Waals surface area contributed by atoms with E-state index in [9.17, 15) is 9.18 Å². The first-order valence-corrected chi connectivity index (χ1v) is 8.84. The standard InChI is InChI=1S/C18H26ClFN2O/c1-3-4-13(2)21-18(23)14-7-9-22(10-8-14)12-15-5-6-16(19)11-17(15)20/h5-6,11,13-14H,3-4,7-10,12H2,1-2H3,(H,21,23)/t13-/m0/s1. The van der Waals surface area contributed by atoms with E-state index in [4.69, 9.17) is 11.6 Å². The molecule has 1 atom stereocenters. The molecule has 1 amide bonds. The zero-order chi connectivity index (χ0) is 16.8. The van der Waals surface area contributed by atoms with Gasteiger partial charge in [-0.1, -0.05) is 31.0 Å². The number of amides is 1. The Morgan fingerprint density at radius 1 is 1.43 bits per heavy atom. The Hall–Kier alpha value is -1.13. The Morgan fingerprint density at radius 2 is 2.13 bits per heavy atom. The van der Waals surface area contributed by atoms with Crippen LogP contribution in [0.25, 0.3) is 0 Å². The molecule has 5 heteroatoms. The molecule has 1 aliphatic rings. The van der Waals surface area contributed by atoms with Crippen molar-refractivity contribution in [1.82, 2.24) is 10.2 Å². The highest BCUT2D eigenvalue weighted by atomic mass is 35.5. The topological polar surface area (TPSA) is 32.3 Å². The second-order valence-electron chi connectivity index (χ2n) is 6.48. The third-order valence-electron chi connectivity index (χ3n) is 4.48. The molecule has 1 fully saturated rings. The van der Waals surface area contributed by atoms with Crippen molar-refractivity contribution in [3.05, 3.63) is 34.6 Å². The van der Waals surface area contributed by atoms with E-state index < -0.39 is 0 Å². The zero-order valence-electron chi connectivity index (χ0n) is 13.9. The maximum atomic E-state index is 13.9. The van der Waals surface area contributed by atoms with Crippen molar-refractivity contribution in [2.24, 2.45) is 5.92 Å². The highest BCUT2D eigenvalue weighted by Crippen LogP contribution is 2.22. The molecule has 0 aliphatic carbocycles. The number of piperidine rings is 1. The van der Waals surface area contributed by atoms with Crippen LogP contribution in [0.3, 0.4) is 0 Å². The molecular formula is C18H26ClFN2O. The second kappa shape index (κ2) is 8.65. The van der Waals surface area contributed by atoms with Crippen LogP contribution in [0.1, 0.15) is 45.1 Å². The summed E-state index contributed by atoms with van der Waals surface area (Å²) in [5.74, 6) is -0.00495. The summed E-state index contributed by atoms with van der Waals surface area (Å²) in [6.45, 7) is 6.39. The molecule has 23 heavy (non-hydrogen) atoms. The van der Waals surface area contributed by atoms with Crippen molar-refractivity contribution in [2.45, 2.75) is 52.1 Å². The van der Waals surface area contributed by atoms with Crippen LogP contribution in [0, 0.1) is 11.7 Å². The Balaban J connectivity index is 1.80. The van der Waals surface area contributed by atoms with Crippen molar-refractivity contribution in [3.8, 4) is 0 Å². The summed E-state index contributed by atoms with van der Waals surface area (Å²) in [7, 11) is 0. The van der Waals surface area contributed by atoms with Gasteiger partial charge in [0.2, 0.25) is 5.91 Å². The zero-order valence-corrected chi connectivity index (χ0v) is 14.7. The van der Waals surface area contributed by atoms with Crippen LogP contribution >= 0.6 is 11.6 Å². The Bertz CT molecular complexity index is 530. The van der Waals surface area contributed by atoms with Gasteiger partial charge in [0.05, 0.1) is 0 Å². The normalized spacial score (nSPS) is 17.9. The first-order chi connectivity index (χ1) is 11.0. The lowest BCUT2D eigenvalue weighted by molar-refractivity contribution is -0.127. The molecule has 0 unspecified atom stereocenters. The van der Waals surface area contributed by atoms with Crippen molar-refractivity contribution < 1.29 is 9.18 Å². The number of halogens is 2. The number of nitrogens with one attached hydrogen (secondary N) is 1. The summed E-state index contributed by atoms with van der Waals surface area (Å²) < 4.78 is 13.9. The maximum Gasteiger partial charge on any atom is 0.223 e. The molecule has 1 N–H and O–H groups in total. The van der Waals surface area contributed by atoms with Gasteiger partial charge in [-0.05, 0) is 51.4 Å². The van der Waals surface area contributed by atoms with Gasteiger partial charge in [-0.2, -0.15) is 0 Å². The fraction of sp³-hybridized carbons (Fsp3) is 0.611. The van der Waals surface area contributed by atoms with Crippen LogP contribution in [0.4, 0.5) is 4.39 Å². The molecule has 2 rings (SSSR count). The predicted octanol–water partition coefficient (Wildman–Crippen LogP) is 4.00. The largest absolute Gasteiger partial charge is 0.353 e.